The van der Waals surface area contributed by atoms with Crippen molar-refractivity contribution in [2.45, 2.75) is 26.8 Å². The third kappa shape index (κ3) is 3.91. The lowest BCUT2D eigenvalue weighted by Crippen LogP contribution is -2.10. The van der Waals surface area contributed by atoms with Gasteiger partial charge in [-0.2, -0.15) is 0 Å². The molecule has 0 aliphatic heterocycles. The number of hydrogen-bond acceptors (Lipinski definition) is 4. The van der Waals surface area contributed by atoms with E-state index >= 15 is 0 Å². The Labute approximate surface area is 112 Å². The summed E-state index contributed by atoms with van der Waals surface area (Å²) in [4.78, 5) is 19.9. The van der Waals surface area contributed by atoms with Gasteiger partial charge < -0.3 is 9.88 Å². The molecule has 0 fully saturated rings. The van der Waals surface area contributed by atoms with Gasteiger partial charge in [0.1, 0.15) is 5.82 Å². The van der Waals surface area contributed by atoms with Crippen molar-refractivity contribution in [2.75, 3.05) is 11.9 Å². The van der Waals surface area contributed by atoms with Crippen LogP contribution in [0.15, 0.2) is 35.4 Å². The quantitative estimate of drug-likeness (QED) is 0.888. The van der Waals surface area contributed by atoms with E-state index in [1.165, 1.54) is 12.1 Å². The third-order valence-corrected chi connectivity index (χ3v) is 2.64. The first-order valence-electron chi connectivity index (χ1n) is 6.42. The number of pyridine rings is 1. The Morgan fingerprint density at radius 3 is 2.68 bits per heavy atom. The Balaban J connectivity index is 2.17. The summed E-state index contributed by atoms with van der Waals surface area (Å²) < 4.78 is 1.89. The van der Waals surface area contributed by atoms with Crippen molar-refractivity contribution in [2.24, 2.45) is 0 Å². The molecular formula is C14H18N4O. The zero-order valence-electron chi connectivity index (χ0n) is 11.3. The second-order valence-corrected chi connectivity index (χ2v) is 4.44. The van der Waals surface area contributed by atoms with Crippen LogP contribution in [0.3, 0.4) is 0 Å². The molecule has 0 bridgehead atoms. The molecule has 0 aromatic carbocycles. The molecule has 0 unspecified atom stereocenters. The van der Waals surface area contributed by atoms with Crippen LogP contribution >= 0.6 is 0 Å². The molecule has 1 N–H and O–H groups in total. The number of rotatable bonds is 5. The maximum atomic E-state index is 11.0. The molecule has 2 aromatic rings. The fourth-order valence-corrected chi connectivity index (χ4v) is 1.76. The topological polar surface area (TPSA) is 59.8 Å². The number of nitrogens with one attached hydrogen (secondary N) is 1. The highest BCUT2D eigenvalue weighted by Crippen LogP contribution is 2.07. The van der Waals surface area contributed by atoms with Crippen LogP contribution in [0.25, 0.3) is 0 Å². The lowest BCUT2D eigenvalue weighted by atomic mass is 10.4. The Hall–Kier alpha value is -2.17. The minimum absolute atomic E-state index is 0.00621. The van der Waals surface area contributed by atoms with Crippen LogP contribution in [-0.4, -0.2) is 21.1 Å². The van der Waals surface area contributed by atoms with Gasteiger partial charge in [0.05, 0.1) is 6.54 Å². The Kier molecular flexibility index (Phi) is 4.28. The summed E-state index contributed by atoms with van der Waals surface area (Å²) in [7, 11) is 0. The lowest BCUT2D eigenvalue weighted by molar-refractivity contribution is 0.732. The summed E-state index contributed by atoms with van der Waals surface area (Å²) in [5.41, 5.74) is 0.941. The molecule has 2 aromatic heterocycles. The van der Waals surface area contributed by atoms with Crippen molar-refractivity contribution >= 4 is 5.82 Å². The Morgan fingerprint density at radius 2 is 2.00 bits per heavy atom. The van der Waals surface area contributed by atoms with Crippen molar-refractivity contribution in [3.8, 4) is 0 Å². The molecule has 5 heteroatoms. The summed E-state index contributed by atoms with van der Waals surface area (Å²) in [5, 5.41) is 3.26. The molecular weight excluding hydrogens is 240 g/mol. The molecule has 0 spiro atoms. The van der Waals surface area contributed by atoms with Crippen LogP contribution in [0.5, 0.6) is 0 Å². The van der Waals surface area contributed by atoms with Crippen LogP contribution in [0, 0.1) is 6.92 Å². The largest absolute Gasteiger partial charge is 0.370 e. The maximum absolute atomic E-state index is 11.0. The second-order valence-electron chi connectivity index (χ2n) is 4.44. The van der Waals surface area contributed by atoms with Gasteiger partial charge >= 0.3 is 0 Å². The van der Waals surface area contributed by atoms with Gasteiger partial charge in [-0.3, -0.25) is 4.79 Å². The fourth-order valence-electron chi connectivity index (χ4n) is 1.76. The van der Waals surface area contributed by atoms with E-state index in [2.05, 4.69) is 22.2 Å². The minimum atomic E-state index is 0.00621. The number of anilines is 1. The highest BCUT2D eigenvalue weighted by atomic mass is 16.1. The van der Waals surface area contributed by atoms with Gasteiger partial charge in [0.15, 0.2) is 11.3 Å². The SMILES string of the molecule is CCCNc1cc(C)nc(Cn2ccc(=O)cc2)n1. The van der Waals surface area contributed by atoms with E-state index in [1.807, 2.05) is 17.6 Å². The smallest absolute Gasteiger partial charge is 0.181 e. The molecule has 5 nitrogen and oxygen atoms in total. The number of aryl methyl sites for hydroxylation is 1. The number of aromatic nitrogens is 3. The first-order valence-corrected chi connectivity index (χ1v) is 6.42. The molecule has 19 heavy (non-hydrogen) atoms. The van der Waals surface area contributed by atoms with Gasteiger partial charge in [-0.15, -0.1) is 0 Å². The standard InChI is InChI=1S/C14H18N4O/c1-3-6-15-13-9-11(2)16-14(17-13)10-18-7-4-12(19)5-8-18/h4-5,7-9H,3,6,10H2,1-2H3,(H,15,16,17). The second kappa shape index (κ2) is 6.13. The van der Waals surface area contributed by atoms with Crippen molar-refractivity contribution in [3.63, 3.8) is 0 Å². The van der Waals surface area contributed by atoms with Crippen LogP contribution < -0.4 is 10.7 Å². The zero-order valence-corrected chi connectivity index (χ0v) is 11.3. The molecule has 0 atom stereocenters. The summed E-state index contributed by atoms with van der Waals surface area (Å²) in [5.74, 6) is 1.59. The van der Waals surface area contributed by atoms with Gasteiger partial charge in [-0.1, -0.05) is 6.92 Å². The van der Waals surface area contributed by atoms with E-state index in [-0.39, 0.29) is 5.43 Å². The van der Waals surface area contributed by atoms with Gasteiger partial charge in [-0.05, 0) is 13.3 Å². The van der Waals surface area contributed by atoms with Crippen molar-refractivity contribution in [1.82, 2.24) is 14.5 Å². The summed E-state index contributed by atoms with van der Waals surface area (Å²) in [6.07, 6.45) is 4.54. The molecule has 2 rings (SSSR count). The molecule has 0 amide bonds. The van der Waals surface area contributed by atoms with E-state index in [9.17, 15) is 4.79 Å². The lowest BCUT2D eigenvalue weighted by Gasteiger charge is -2.09. The predicted octanol–water partition coefficient (Wildman–Crippen LogP) is 1.82. The Bertz CT molecular complexity index is 586. The number of nitrogens with zero attached hydrogens (tertiary/aromatic N) is 3. The monoisotopic (exact) mass is 258 g/mol. The van der Waals surface area contributed by atoms with Crippen LogP contribution in [0.1, 0.15) is 24.9 Å². The highest BCUT2D eigenvalue weighted by molar-refractivity contribution is 5.35. The first kappa shape index (κ1) is 13.3. The summed E-state index contributed by atoms with van der Waals surface area (Å²) >= 11 is 0. The fraction of sp³-hybridized carbons (Fsp3) is 0.357. The van der Waals surface area contributed by atoms with Gasteiger partial charge in [0.25, 0.3) is 0 Å². The van der Waals surface area contributed by atoms with Crippen LogP contribution in [-0.2, 0) is 6.54 Å². The minimum Gasteiger partial charge on any atom is -0.370 e. The average molecular weight is 258 g/mol. The molecule has 0 aliphatic rings. The average Bonchev–Trinajstić information content (AvgIpc) is 2.38. The van der Waals surface area contributed by atoms with Gasteiger partial charge in [-0.25, -0.2) is 9.97 Å². The summed E-state index contributed by atoms with van der Waals surface area (Å²) in [6.45, 7) is 5.52. The highest BCUT2D eigenvalue weighted by Gasteiger charge is 2.02. The molecule has 0 saturated heterocycles. The maximum Gasteiger partial charge on any atom is 0.181 e. The Morgan fingerprint density at radius 1 is 1.26 bits per heavy atom. The molecule has 0 saturated carbocycles. The molecule has 0 aliphatic carbocycles. The first-order chi connectivity index (χ1) is 9.17. The van der Waals surface area contributed by atoms with Crippen LogP contribution in [0.2, 0.25) is 0 Å². The third-order valence-electron chi connectivity index (χ3n) is 2.64. The van der Waals surface area contributed by atoms with Gasteiger partial charge in [0.2, 0.25) is 0 Å². The summed E-state index contributed by atoms with van der Waals surface area (Å²) in [6, 6.07) is 5.00. The molecule has 0 radical (unpaired) electrons. The van der Waals surface area contributed by atoms with Gasteiger partial charge in [0, 0.05) is 42.8 Å². The van der Waals surface area contributed by atoms with Crippen LogP contribution in [0.4, 0.5) is 5.82 Å². The van der Waals surface area contributed by atoms with Crippen molar-refractivity contribution < 1.29 is 0 Å². The van der Waals surface area contributed by atoms with E-state index in [1.54, 1.807) is 12.4 Å². The van der Waals surface area contributed by atoms with Crippen molar-refractivity contribution in [1.29, 1.82) is 0 Å². The predicted molar refractivity (Wildman–Crippen MR) is 75.4 cm³/mol. The van der Waals surface area contributed by atoms with E-state index in [0.29, 0.717) is 6.54 Å². The number of hydrogen-bond donors (Lipinski definition) is 1. The zero-order chi connectivity index (χ0) is 13.7. The van der Waals surface area contributed by atoms with E-state index in [4.69, 9.17) is 0 Å². The van der Waals surface area contributed by atoms with E-state index in [0.717, 1.165) is 30.3 Å². The van der Waals surface area contributed by atoms with Crippen molar-refractivity contribution in [3.05, 3.63) is 52.3 Å². The normalized spacial score (nSPS) is 10.4. The van der Waals surface area contributed by atoms with E-state index < -0.39 is 0 Å². The molecule has 100 valence electrons. The molecule has 2 heterocycles.